The summed E-state index contributed by atoms with van der Waals surface area (Å²) in [4.78, 5) is 38.3. The van der Waals surface area contributed by atoms with E-state index in [2.05, 4.69) is 12.2 Å². The van der Waals surface area contributed by atoms with Crippen molar-refractivity contribution < 1.29 is 24.2 Å². The molecule has 1 aromatic rings. The lowest BCUT2D eigenvalue weighted by Gasteiger charge is -2.26. The number of thiophene rings is 1. The third-order valence-electron chi connectivity index (χ3n) is 6.64. The van der Waals surface area contributed by atoms with Gasteiger partial charge in [-0.3, -0.25) is 9.59 Å². The maximum atomic E-state index is 13.0. The lowest BCUT2D eigenvalue weighted by molar-refractivity contribution is -0.148. The van der Waals surface area contributed by atoms with Gasteiger partial charge in [0.2, 0.25) is 5.91 Å². The van der Waals surface area contributed by atoms with Crippen LogP contribution in [0.1, 0.15) is 53.4 Å². The number of carboxylic acid groups (broad SMARTS) is 1. The van der Waals surface area contributed by atoms with Gasteiger partial charge >= 0.3 is 11.9 Å². The summed E-state index contributed by atoms with van der Waals surface area (Å²) < 4.78 is 4.97. The van der Waals surface area contributed by atoms with Gasteiger partial charge < -0.3 is 15.2 Å². The van der Waals surface area contributed by atoms with Crippen molar-refractivity contribution in [2.75, 3.05) is 12.4 Å². The van der Waals surface area contributed by atoms with Crippen LogP contribution in [0.2, 0.25) is 0 Å². The molecular weight excluding hydrogens is 366 g/mol. The van der Waals surface area contributed by atoms with Crippen LogP contribution in [0.25, 0.3) is 0 Å². The molecule has 7 heteroatoms. The van der Waals surface area contributed by atoms with E-state index in [1.807, 2.05) is 0 Å². The summed E-state index contributed by atoms with van der Waals surface area (Å²) in [6, 6.07) is 0. The second kappa shape index (κ2) is 6.93. The van der Waals surface area contributed by atoms with Crippen LogP contribution in [-0.2, 0) is 27.2 Å². The number of fused-ring (bicyclic) bond motifs is 3. The molecule has 2 N–H and O–H groups in total. The molecule has 1 heterocycles. The minimum Gasteiger partial charge on any atom is -0.481 e. The molecular formula is C20H25NO5S. The Morgan fingerprint density at radius 1 is 1.15 bits per heavy atom. The smallest absolute Gasteiger partial charge is 0.341 e. The highest BCUT2D eigenvalue weighted by atomic mass is 32.1. The number of rotatable bonds is 4. The molecule has 5 unspecified atom stereocenters. The number of nitrogens with one attached hydrogen (secondary N) is 1. The average molecular weight is 391 g/mol. The van der Waals surface area contributed by atoms with E-state index >= 15 is 0 Å². The maximum absolute atomic E-state index is 13.0. The predicted octanol–water partition coefficient (Wildman–Crippen LogP) is 3.34. The minimum atomic E-state index is -0.880. The molecule has 146 valence electrons. The molecule has 2 fully saturated rings. The average Bonchev–Trinajstić information content (AvgIpc) is 3.32. The lowest BCUT2D eigenvalue weighted by atomic mass is 9.78. The fourth-order valence-corrected chi connectivity index (χ4v) is 6.78. The predicted molar refractivity (Wildman–Crippen MR) is 101 cm³/mol. The Bertz CT molecular complexity index is 801. The van der Waals surface area contributed by atoms with E-state index in [9.17, 15) is 19.5 Å². The highest BCUT2D eigenvalue weighted by Gasteiger charge is 2.54. The number of anilines is 1. The molecule has 0 aromatic carbocycles. The highest BCUT2D eigenvalue weighted by Crippen LogP contribution is 2.53. The molecule has 1 aromatic heterocycles. The summed E-state index contributed by atoms with van der Waals surface area (Å²) in [6.07, 6.45) is 5.33. The van der Waals surface area contributed by atoms with Crippen LogP contribution in [0.4, 0.5) is 5.00 Å². The summed E-state index contributed by atoms with van der Waals surface area (Å²) in [5.41, 5.74) is 1.45. The van der Waals surface area contributed by atoms with E-state index in [0.717, 1.165) is 49.0 Å². The number of amides is 1. The number of hydrogen-bond acceptors (Lipinski definition) is 5. The van der Waals surface area contributed by atoms with Crippen LogP contribution in [0.3, 0.4) is 0 Å². The quantitative estimate of drug-likeness (QED) is 0.768. The molecule has 0 spiro atoms. The molecule has 3 aliphatic rings. The van der Waals surface area contributed by atoms with Crippen LogP contribution < -0.4 is 5.32 Å². The SMILES string of the molecule is COC(=O)c1c(NC(=O)C2C3CCC(C3)C2C(=O)O)sc2c1CCC(C)C2. The molecule has 3 aliphatic carbocycles. The summed E-state index contributed by atoms with van der Waals surface area (Å²) in [7, 11) is 1.35. The van der Waals surface area contributed by atoms with Crippen molar-refractivity contribution in [3.8, 4) is 0 Å². The molecule has 0 radical (unpaired) electrons. The van der Waals surface area contributed by atoms with Crippen LogP contribution in [0.5, 0.6) is 0 Å². The van der Waals surface area contributed by atoms with E-state index < -0.39 is 23.8 Å². The van der Waals surface area contributed by atoms with Crippen molar-refractivity contribution in [2.45, 2.75) is 45.4 Å². The minimum absolute atomic E-state index is 0.0979. The van der Waals surface area contributed by atoms with Gasteiger partial charge in [-0.1, -0.05) is 6.92 Å². The lowest BCUT2D eigenvalue weighted by Crippen LogP contribution is -2.38. The van der Waals surface area contributed by atoms with Gasteiger partial charge in [-0.05, 0) is 61.8 Å². The third-order valence-corrected chi connectivity index (χ3v) is 7.81. The maximum Gasteiger partial charge on any atom is 0.341 e. The van der Waals surface area contributed by atoms with Crippen molar-refractivity contribution in [2.24, 2.45) is 29.6 Å². The number of ether oxygens (including phenoxy) is 1. The van der Waals surface area contributed by atoms with E-state index in [0.29, 0.717) is 16.5 Å². The van der Waals surface area contributed by atoms with Crippen molar-refractivity contribution in [1.29, 1.82) is 0 Å². The van der Waals surface area contributed by atoms with Gasteiger partial charge in [0.1, 0.15) is 5.00 Å². The summed E-state index contributed by atoms with van der Waals surface area (Å²) in [6.45, 7) is 2.19. The second-order valence-corrected chi connectivity index (χ2v) is 9.36. The number of methoxy groups -OCH3 is 1. The Hall–Kier alpha value is -1.89. The molecule has 2 saturated carbocycles. The van der Waals surface area contributed by atoms with Crippen molar-refractivity contribution in [3.63, 3.8) is 0 Å². The molecule has 0 saturated heterocycles. The molecule has 0 aliphatic heterocycles. The summed E-state index contributed by atoms with van der Waals surface area (Å²) >= 11 is 1.45. The first-order valence-electron chi connectivity index (χ1n) is 9.67. The number of aliphatic carboxylic acids is 1. The van der Waals surface area contributed by atoms with Crippen molar-refractivity contribution in [1.82, 2.24) is 0 Å². The Kier molecular flexibility index (Phi) is 4.74. The number of carbonyl (C=O) groups excluding carboxylic acids is 2. The van der Waals surface area contributed by atoms with Crippen molar-refractivity contribution in [3.05, 3.63) is 16.0 Å². The largest absolute Gasteiger partial charge is 0.481 e. The van der Waals surface area contributed by atoms with Crippen LogP contribution in [0.15, 0.2) is 0 Å². The summed E-state index contributed by atoms with van der Waals surface area (Å²) in [5, 5.41) is 13.1. The third kappa shape index (κ3) is 3.06. The Labute approximate surface area is 162 Å². The molecule has 6 nitrogen and oxygen atoms in total. The first-order valence-corrected chi connectivity index (χ1v) is 10.5. The van der Waals surface area contributed by atoms with E-state index in [4.69, 9.17) is 4.74 Å². The monoisotopic (exact) mass is 391 g/mol. The fourth-order valence-electron chi connectivity index (χ4n) is 5.38. The van der Waals surface area contributed by atoms with Crippen molar-refractivity contribution >= 4 is 34.2 Å². The zero-order valence-electron chi connectivity index (χ0n) is 15.6. The van der Waals surface area contributed by atoms with Crippen LogP contribution >= 0.6 is 11.3 Å². The van der Waals surface area contributed by atoms with E-state index in [1.165, 1.54) is 18.4 Å². The van der Waals surface area contributed by atoms with Crippen LogP contribution in [0, 0.1) is 29.6 Å². The molecule has 27 heavy (non-hydrogen) atoms. The second-order valence-electron chi connectivity index (χ2n) is 8.26. The van der Waals surface area contributed by atoms with Gasteiger partial charge in [-0.15, -0.1) is 11.3 Å². The number of esters is 1. The molecule has 4 rings (SSSR count). The van der Waals surface area contributed by atoms with Gasteiger partial charge in [0, 0.05) is 4.88 Å². The van der Waals surface area contributed by atoms with Gasteiger partial charge in [-0.2, -0.15) is 0 Å². The number of carboxylic acids is 1. The van der Waals surface area contributed by atoms with E-state index in [1.54, 1.807) is 0 Å². The van der Waals surface area contributed by atoms with Gasteiger partial charge in [0.15, 0.2) is 0 Å². The Balaban J connectivity index is 1.63. The first-order chi connectivity index (χ1) is 12.9. The van der Waals surface area contributed by atoms with Gasteiger partial charge in [0.05, 0.1) is 24.5 Å². The molecule has 2 bridgehead atoms. The first kappa shape index (κ1) is 18.5. The molecule has 1 amide bonds. The van der Waals surface area contributed by atoms with Gasteiger partial charge in [0.25, 0.3) is 0 Å². The summed E-state index contributed by atoms with van der Waals surface area (Å²) in [5.74, 6) is -1.91. The normalized spacial score (nSPS) is 31.4. The Morgan fingerprint density at radius 2 is 1.85 bits per heavy atom. The standard InChI is InChI=1S/C20H25NO5S/c1-9-3-6-12-13(7-9)27-18(16(12)20(25)26-2)21-17(22)14-10-4-5-11(8-10)15(14)19(23)24/h9-11,14-15H,3-8H2,1-2H3,(H,21,22)(H,23,24). The topological polar surface area (TPSA) is 92.7 Å². The fraction of sp³-hybridized carbons (Fsp3) is 0.650. The zero-order chi connectivity index (χ0) is 19.3. The molecule has 5 atom stereocenters. The Morgan fingerprint density at radius 3 is 2.52 bits per heavy atom. The van der Waals surface area contributed by atoms with E-state index in [-0.39, 0.29) is 17.7 Å². The van der Waals surface area contributed by atoms with Gasteiger partial charge in [-0.25, -0.2) is 4.79 Å². The number of hydrogen-bond donors (Lipinski definition) is 2. The zero-order valence-corrected chi connectivity index (χ0v) is 16.4. The van der Waals surface area contributed by atoms with Crippen LogP contribution in [-0.4, -0.2) is 30.1 Å². The highest BCUT2D eigenvalue weighted by molar-refractivity contribution is 7.17. The number of carbonyl (C=O) groups is 3.